The van der Waals surface area contributed by atoms with Crippen molar-refractivity contribution in [3.63, 3.8) is 0 Å². The summed E-state index contributed by atoms with van der Waals surface area (Å²) in [5.74, 6) is 0.806. The van der Waals surface area contributed by atoms with Crippen molar-refractivity contribution in [2.75, 3.05) is 26.2 Å². The molecule has 2 unspecified atom stereocenters. The summed E-state index contributed by atoms with van der Waals surface area (Å²) >= 11 is 0. The monoisotopic (exact) mass is 211 g/mol. The van der Waals surface area contributed by atoms with Gasteiger partial charge in [-0.15, -0.1) is 0 Å². The van der Waals surface area contributed by atoms with E-state index in [1.165, 1.54) is 38.8 Å². The van der Waals surface area contributed by atoms with E-state index in [0.717, 1.165) is 25.5 Å². The minimum absolute atomic E-state index is 0.101. The van der Waals surface area contributed by atoms with Crippen molar-refractivity contribution in [2.45, 2.75) is 44.5 Å². The van der Waals surface area contributed by atoms with Crippen molar-refractivity contribution in [1.82, 2.24) is 4.90 Å². The average Bonchev–Trinajstić information content (AvgIpc) is 2.32. The van der Waals surface area contributed by atoms with Gasteiger partial charge in [0.1, 0.15) is 0 Å². The van der Waals surface area contributed by atoms with E-state index >= 15 is 0 Å². The molecule has 0 amide bonds. The van der Waals surface area contributed by atoms with Crippen LogP contribution in [-0.2, 0) is 9.47 Å². The Morgan fingerprint density at radius 3 is 2.53 bits per heavy atom. The van der Waals surface area contributed by atoms with Gasteiger partial charge in [0.05, 0.1) is 6.10 Å². The SMILES string of the molecule is C1CCC(OC2CN3CCC2CC3)OC1. The molecule has 4 rings (SSSR count). The van der Waals surface area contributed by atoms with Crippen molar-refractivity contribution in [1.29, 1.82) is 0 Å². The molecule has 3 nitrogen and oxygen atoms in total. The lowest BCUT2D eigenvalue weighted by Crippen LogP contribution is -2.52. The van der Waals surface area contributed by atoms with Gasteiger partial charge in [-0.3, -0.25) is 0 Å². The minimum Gasteiger partial charge on any atom is -0.353 e. The number of ether oxygens (including phenoxy) is 2. The van der Waals surface area contributed by atoms with Crippen LogP contribution in [0.3, 0.4) is 0 Å². The smallest absolute Gasteiger partial charge is 0.158 e. The highest BCUT2D eigenvalue weighted by Gasteiger charge is 2.36. The van der Waals surface area contributed by atoms with Gasteiger partial charge in [-0.2, -0.15) is 0 Å². The van der Waals surface area contributed by atoms with E-state index in [1.807, 2.05) is 0 Å². The van der Waals surface area contributed by atoms with Crippen molar-refractivity contribution < 1.29 is 9.47 Å². The van der Waals surface area contributed by atoms with Gasteiger partial charge < -0.3 is 14.4 Å². The van der Waals surface area contributed by atoms with Gasteiger partial charge in [0.15, 0.2) is 6.29 Å². The van der Waals surface area contributed by atoms with E-state index in [1.54, 1.807) is 0 Å². The predicted molar refractivity (Wildman–Crippen MR) is 57.6 cm³/mol. The average molecular weight is 211 g/mol. The van der Waals surface area contributed by atoms with Gasteiger partial charge in [0.25, 0.3) is 0 Å². The second-order valence-electron chi connectivity index (χ2n) is 5.11. The third-order valence-electron chi connectivity index (χ3n) is 4.06. The van der Waals surface area contributed by atoms with Crippen molar-refractivity contribution in [3.8, 4) is 0 Å². The molecule has 0 radical (unpaired) electrons. The van der Waals surface area contributed by atoms with Crippen LogP contribution in [0.4, 0.5) is 0 Å². The van der Waals surface area contributed by atoms with Gasteiger partial charge >= 0.3 is 0 Å². The summed E-state index contributed by atoms with van der Waals surface area (Å²) in [5, 5.41) is 0. The zero-order chi connectivity index (χ0) is 10.1. The van der Waals surface area contributed by atoms with Gasteiger partial charge in [-0.1, -0.05) is 0 Å². The number of hydrogen-bond acceptors (Lipinski definition) is 3. The summed E-state index contributed by atoms with van der Waals surface area (Å²) < 4.78 is 11.7. The summed E-state index contributed by atoms with van der Waals surface area (Å²) in [4.78, 5) is 2.54. The van der Waals surface area contributed by atoms with Crippen LogP contribution in [0.25, 0.3) is 0 Å². The zero-order valence-electron chi connectivity index (χ0n) is 9.36. The lowest BCUT2D eigenvalue weighted by atomic mass is 9.86. The van der Waals surface area contributed by atoms with Crippen LogP contribution in [0.15, 0.2) is 0 Å². The largest absolute Gasteiger partial charge is 0.353 e. The van der Waals surface area contributed by atoms with E-state index in [9.17, 15) is 0 Å². The number of hydrogen-bond donors (Lipinski definition) is 0. The van der Waals surface area contributed by atoms with E-state index < -0.39 is 0 Å². The molecule has 0 spiro atoms. The maximum atomic E-state index is 6.10. The third kappa shape index (κ3) is 2.19. The second kappa shape index (κ2) is 4.40. The highest BCUT2D eigenvalue weighted by atomic mass is 16.7. The lowest BCUT2D eigenvalue weighted by molar-refractivity contribution is -0.215. The van der Waals surface area contributed by atoms with Crippen molar-refractivity contribution in [3.05, 3.63) is 0 Å². The van der Waals surface area contributed by atoms with E-state index in [4.69, 9.17) is 9.47 Å². The topological polar surface area (TPSA) is 21.7 Å². The molecule has 4 saturated heterocycles. The van der Waals surface area contributed by atoms with Crippen LogP contribution in [0.5, 0.6) is 0 Å². The molecule has 4 heterocycles. The first-order valence-electron chi connectivity index (χ1n) is 6.41. The molecule has 15 heavy (non-hydrogen) atoms. The summed E-state index contributed by atoms with van der Waals surface area (Å²) in [6.45, 7) is 4.61. The third-order valence-corrected chi connectivity index (χ3v) is 4.06. The highest BCUT2D eigenvalue weighted by Crippen LogP contribution is 2.31. The van der Waals surface area contributed by atoms with Crippen LogP contribution in [0, 0.1) is 5.92 Å². The maximum Gasteiger partial charge on any atom is 0.158 e. The van der Waals surface area contributed by atoms with Gasteiger partial charge in [-0.25, -0.2) is 0 Å². The van der Waals surface area contributed by atoms with Crippen LogP contribution < -0.4 is 0 Å². The Morgan fingerprint density at radius 2 is 1.93 bits per heavy atom. The molecular formula is C12H21NO2. The summed E-state index contributed by atoms with van der Waals surface area (Å²) in [6, 6.07) is 0. The van der Waals surface area contributed by atoms with Gasteiger partial charge in [0, 0.05) is 13.2 Å². The van der Waals surface area contributed by atoms with Gasteiger partial charge in [0.2, 0.25) is 0 Å². The minimum atomic E-state index is 0.101. The van der Waals surface area contributed by atoms with Crippen molar-refractivity contribution in [2.24, 2.45) is 5.92 Å². The van der Waals surface area contributed by atoms with E-state index in [-0.39, 0.29) is 6.29 Å². The molecule has 4 fully saturated rings. The molecule has 0 aromatic heterocycles. The normalized spacial score (nSPS) is 45.6. The molecule has 86 valence electrons. The first-order valence-corrected chi connectivity index (χ1v) is 6.41. The Labute approximate surface area is 91.7 Å². The number of fused-ring (bicyclic) bond motifs is 3. The molecule has 2 bridgehead atoms. The molecule has 0 saturated carbocycles. The van der Waals surface area contributed by atoms with Crippen LogP contribution >= 0.6 is 0 Å². The molecule has 2 atom stereocenters. The Hall–Kier alpha value is -0.120. The van der Waals surface area contributed by atoms with Crippen LogP contribution in [0.1, 0.15) is 32.1 Å². The quantitative estimate of drug-likeness (QED) is 0.693. The molecule has 3 heteroatoms. The molecule has 4 aliphatic rings. The molecule has 0 aromatic carbocycles. The summed E-state index contributed by atoms with van der Waals surface area (Å²) in [7, 11) is 0. The molecular weight excluding hydrogens is 190 g/mol. The molecule has 0 N–H and O–H groups in total. The second-order valence-corrected chi connectivity index (χ2v) is 5.11. The highest BCUT2D eigenvalue weighted by molar-refractivity contribution is 4.87. The summed E-state index contributed by atoms with van der Waals surface area (Å²) in [6.07, 6.45) is 6.80. The Kier molecular flexibility index (Phi) is 2.95. The fourth-order valence-electron chi connectivity index (χ4n) is 3.08. The predicted octanol–water partition coefficient (Wildman–Crippen LogP) is 1.62. The number of rotatable bonds is 2. The van der Waals surface area contributed by atoms with Crippen molar-refractivity contribution >= 4 is 0 Å². The first-order chi connectivity index (χ1) is 7.42. The Morgan fingerprint density at radius 1 is 1.07 bits per heavy atom. The Balaban J connectivity index is 1.54. The first kappa shape index (κ1) is 10.1. The Bertz CT molecular complexity index is 208. The van der Waals surface area contributed by atoms with Crippen LogP contribution in [0.2, 0.25) is 0 Å². The molecule has 0 aliphatic carbocycles. The van der Waals surface area contributed by atoms with Gasteiger partial charge in [-0.05, 0) is 51.1 Å². The standard InChI is InChI=1S/C12H21NO2/c1-2-8-14-12(3-1)15-11-9-13-6-4-10(11)5-7-13/h10-12H,1-9H2. The molecule has 4 aliphatic heterocycles. The lowest BCUT2D eigenvalue weighted by Gasteiger charge is -2.45. The van der Waals surface area contributed by atoms with Crippen LogP contribution in [-0.4, -0.2) is 43.5 Å². The van der Waals surface area contributed by atoms with E-state index in [0.29, 0.717) is 6.10 Å². The fraction of sp³-hybridized carbons (Fsp3) is 1.00. The fourth-order valence-corrected chi connectivity index (χ4v) is 3.08. The number of nitrogens with zero attached hydrogens (tertiary/aromatic N) is 1. The zero-order valence-corrected chi connectivity index (χ0v) is 9.36. The van der Waals surface area contributed by atoms with E-state index in [2.05, 4.69) is 4.90 Å². The number of piperidine rings is 3. The molecule has 0 aromatic rings. The summed E-state index contributed by atoms with van der Waals surface area (Å²) in [5.41, 5.74) is 0. The maximum absolute atomic E-state index is 6.10.